The van der Waals surface area contributed by atoms with Gasteiger partial charge in [-0.3, -0.25) is 0 Å². The first-order valence-corrected chi connectivity index (χ1v) is 7.01. The van der Waals surface area contributed by atoms with E-state index in [0.29, 0.717) is 16.1 Å². The van der Waals surface area contributed by atoms with Gasteiger partial charge in [-0.25, -0.2) is 0 Å². The number of nitrogens with one attached hydrogen (secondary N) is 1. The Balaban J connectivity index is 1.98. The normalized spacial score (nSPS) is 12.6. The lowest BCUT2D eigenvalue weighted by Crippen LogP contribution is -2.17. The van der Waals surface area contributed by atoms with Crippen molar-refractivity contribution in [1.82, 2.24) is 5.32 Å². The Bertz CT molecular complexity index is 482. The van der Waals surface area contributed by atoms with Gasteiger partial charge in [0.15, 0.2) is 0 Å². The number of halogens is 2. The molecule has 1 heterocycles. The first-order valence-electron chi connectivity index (χ1n) is 5.37. The Morgan fingerprint density at radius 2 is 2.12 bits per heavy atom. The van der Waals surface area contributed by atoms with E-state index in [0.717, 1.165) is 12.1 Å². The van der Waals surface area contributed by atoms with Gasteiger partial charge in [0.2, 0.25) is 0 Å². The molecule has 0 radical (unpaired) electrons. The number of hydrogen-bond donors (Lipinski definition) is 1. The average Bonchev–Trinajstić information content (AvgIpc) is 2.81. The minimum absolute atomic E-state index is 0.335. The summed E-state index contributed by atoms with van der Waals surface area (Å²) in [7, 11) is 0. The maximum atomic E-state index is 6.12. The largest absolute Gasteiger partial charge is 0.305 e. The maximum absolute atomic E-state index is 6.12. The summed E-state index contributed by atoms with van der Waals surface area (Å²) in [5.74, 6) is 0. The summed E-state index contributed by atoms with van der Waals surface area (Å²) >= 11 is 13.7. The van der Waals surface area contributed by atoms with Crippen LogP contribution in [0.1, 0.15) is 23.4 Å². The molecule has 2 rings (SSSR count). The first kappa shape index (κ1) is 12.9. The van der Waals surface area contributed by atoms with Crippen molar-refractivity contribution in [3.63, 3.8) is 0 Å². The summed E-state index contributed by atoms with van der Waals surface area (Å²) in [5, 5.41) is 6.91. The molecule has 1 aromatic heterocycles. The Kier molecular flexibility index (Phi) is 4.46. The third-order valence-electron chi connectivity index (χ3n) is 2.58. The van der Waals surface area contributed by atoms with Crippen LogP contribution in [-0.2, 0) is 6.54 Å². The highest BCUT2D eigenvalue weighted by atomic mass is 35.5. The van der Waals surface area contributed by atoms with Gasteiger partial charge in [0.25, 0.3) is 0 Å². The van der Waals surface area contributed by atoms with Crippen LogP contribution in [0.25, 0.3) is 0 Å². The van der Waals surface area contributed by atoms with Crippen LogP contribution in [-0.4, -0.2) is 0 Å². The van der Waals surface area contributed by atoms with Crippen molar-refractivity contribution in [1.29, 1.82) is 0 Å². The summed E-state index contributed by atoms with van der Waals surface area (Å²) < 4.78 is 0. The lowest BCUT2D eigenvalue weighted by Gasteiger charge is -2.13. The van der Waals surface area contributed by atoms with Crippen molar-refractivity contribution < 1.29 is 0 Å². The van der Waals surface area contributed by atoms with Crippen molar-refractivity contribution in [3.05, 3.63) is 56.2 Å². The van der Waals surface area contributed by atoms with E-state index in [1.807, 2.05) is 12.1 Å². The standard InChI is InChI=1S/C13H13Cl2NS/c1-9(13-3-2-6-17-13)16-8-10-4-5-11(14)7-12(10)15/h2-7,9,16H,8H2,1H3. The lowest BCUT2D eigenvalue weighted by molar-refractivity contribution is 0.583. The van der Waals surface area contributed by atoms with Crippen molar-refractivity contribution in [2.24, 2.45) is 0 Å². The molecular formula is C13H13Cl2NS. The van der Waals surface area contributed by atoms with Crippen molar-refractivity contribution in [3.8, 4) is 0 Å². The van der Waals surface area contributed by atoms with E-state index in [-0.39, 0.29) is 0 Å². The molecule has 2 aromatic rings. The van der Waals surface area contributed by atoms with Crippen LogP contribution >= 0.6 is 34.5 Å². The van der Waals surface area contributed by atoms with Crippen LogP contribution in [0.15, 0.2) is 35.7 Å². The maximum Gasteiger partial charge on any atom is 0.0465 e. The highest BCUT2D eigenvalue weighted by Crippen LogP contribution is 2.23. The highest BCUT2D eigenvalue weighted by molar-refractivity contribution is 7.10. The second-order valence-corrected chi connectivity index (χ2v) is 5.68. The lowest BCUT2D eigenvalue weighted by atomic mass is 10.2. The predicted octanol–water partition coefficient (Wildman–Crippen LogP) is 4.91. The number of rotatable bonds is 4. The highest BCUT2D eigenvalue weighted by Gasteiger charge is 2.07. The molecule has 0 bridgehead atoms. The molecule has 0 aliphatic rings. The van der Waals surface area contributed by atoms with Gasteiger partial charge in [-0.2, -0.15) is 0 Å². The second kappa shape index (κ2) is 5.87. The van der Waals surface area contributed by atoms with Gasteiger partial charge in [0, 0.05) is 27.5 Å². The second-order valence-electron chi connectivity index (χ2n) is 3.85. The van der Waals surface area contributed by atoms with Gasteiger partial charge < -0.3 is 5.32 Å². The molecule has 0 spiro atoms. The van der Waals surface area contributed by atoms with Crippen LogP contribution in [0.2, 0.25) is 10.0 Å². The van der Waals surface area contributed by atoms with E-state index in [2.05, 4.69) is 29.8 Å². The monoisotopic (exact) mass is 285 g/mol. The fourth-order valence-electron chi connectivity index (χ4n) is 1.57. The minimum atomic E-state index is 0.335. The Morgan fingerprint density at radius 1 is 1.29 bits per heavy atom. The molecule has 1 atom stereocenters. The molecule has 0 saturated carbocycles. The van der Waals surface area contributed by atoms with Gasteiger partial charge in [-0.15, -0.1) is 11.3 Å². The van der Waals surface area contributed by atoms with E-state index in [4.69, 9.17) is 23.2 Å². The van der Waals surface area contributed by atoms with Crippen molar-refractivity contribution in [2.75, 3.05) is 0 Å². The summed E-state index contributed by atoms with van der Waals surface area (Å²) in [6.45, 7) is 2.89. The van der Waals surface area contributed by atoms with Crippen molar-refractivity contribution >= 4 is 34.5 Å². The summed E-state index contributed by atoms with van der Waals surface area (Å²) in [6.07, 6.45) is 0. The van der Waals surface area contributed by atoms with Crippen LogP contribution < -0.4 is 5.32 Å². The van der Waals surface area contributed by atoms with Gasteiger partial charge >= 0.3 is 0 Å². The molecule has 1 nitrogen and oxygen atoms in total. The molecule has 1 unspecified atom stereocenters. The first-order chi connectivity index (χ1) is 8.16. The zero-order valence-electron chi connectivity index (χ0n) is 9.41. The van der Waals surface area contributed by atoms with Gasteiger partial charge in [-0.1, -0.05) is 35.3 Å². The minimum Gasteiger partial charge on any atom is -0.305 e. The predicted molar refractivity (Wildman–Crippen MR) is 76.0 cm³/mol. The van der Waals surface area contributed by atoms with Gasteiger partial charge in [0.05, 0.1) is 0 Å². The molecule has 0 fully saturated rings. The molecule has 0 saturated heterocycles. The third kappa shape index (κ3) is 3.46. The quantitative estimate of drug-likeness (QED) is 0.842. The zero-order valence-corrected chi connectivity index (χ0v) is 11.7. The molecule has 1 N–H and O–H groups in total. The van der Waals surface area contributed by atoms with E-state index in [9.17, 15) is 0 Å². The summed E-state index contributed by atoms with van der Waals surface area (Å²) in [4.78, 5) is 1.33. The third-order valence-corrected chi connectivity index (χ3v) is 4.23. The molecule has 0 aliphatic heterocycles. The molecular weight excluding hydrogens is 273 g/mol. The van der Waals surface area contributed by atoms with E-state index >= 15 is 0 Å². The topological polar surface area (TPSA) is 12.0 Å². The summed E-state index contributed by atoms with van der Waals surface area (Å²) in [5.41, 5.74) is 1.07. The number of benzene rings is 1. The molecule has 0 aliphatic carbocycles. The Morgan fingerprint density at radius 3 is 2.76 bits per heavy atom. The zero-order chi connectivity index (χ0) is 12.3. The van der Waals surface area contributed by atoms with Crippen molar-refractivity contribution in [2.45, 2.75) is 19.5 Å². The van der Waals surface area contributed by atoms with Crippen LogP contribution in [0.5, 0.6) is 0 Å². The van der Waals surface area contributed by atoms with Crippen LogP contribution in [0, 0.1) is 0 Å². The molecule has 0 amide bonds. The van der Waals surface area contributed by atoms with Crippen LogP contribution in [0.4, 0.5) is 0 Å². The smallest absolute Gasteiger partial charge is 0.0465 e. The van der Waals surface area contributed by atoms with Gasteiger partial charge in [0.1, 0.15) is 0 Å². The molecule has 90 valence electrons. The fraction of sp³-hybridized carbons (Fsp3) is 0.231. The van der Waals surface area contributed by atoms with E-state index < -0.39 is 0 Å². The van der Waals surface area contributed by atoms with Crippen LogP contribution in [0.3, 0.4) is 0 Å². The SMILES string of the molecule is CC(NCc1ccc(Cl)cc1Cl)c1cccs1. The summed E-state index contributed by atoms with van der Waals surface area (Å²) in [6, 6.07) is 10.1. The van der Waals surface area contributed by atoms with E-state index in [1.54, 1.807) is 17.4 Å². The average molecular weight is 286 g/mol. The van der Waals surface area contributed by atoms with Gasteiger partial charge in [-0.05, 0) is 36.1 Å². The fourth-order valence-corrected chi connectivity index (χ4v) is 2.80. The molecule has 1 aromatic carbocycles. The number of hydrogen-bond acceptors (Lipinski definition) is 2. The number of thiophene rings is 1. The Hall–Kier alpha value is -0.540. The van der Waals surface area contributed by atoms with E-state index in [1.165, 1.54) is 4.88 Å². The Labute approximate surface area is 115 Å². The molecule has 4 heteroatoms. The molecule has 17 heavy (non-hydrogen) atoms.